The van der Waals surface area contributed by atoms with Gasteiger partial charge in [0.15, 0.2) is 11.1 Å². The summed E-state index contributed by atoms with van der Waals surface area (Å²) in [5.41, 5.74) is -3.41. The number of hydrogen-bond donors (Lipinski definition) is 2. The fraction of sp³-hybridized carbons (Fsp3) is 0.875. The van der Waals surface area contributed by atoms with Crippen LogP contribution in [0.5, 0.6) is 0 Å². The van der Waals surface area contributed by atoms with E-state index in [-0.39, 0.29) is 48.5 Å². The molecule has 2 atom stereocenters. The van der Waals surface area contributed by atoms with Crippen LogP contribution in [0.2, 0.25) is 0 Å². The molecule has 0 saturated carbocycles. The first kappa shape index (κ1) is 27.9. The molecule has 0 aromatic heterocycles. The number of nitrogens with zero attached hydrogens (tertiary/aromatic N) is 2. The molecule has 0 rings (SSSR count). The Morgan fingerprint density at radius 2 is 0.875 bits per heavy atom. The van der Waals surface area contributed by atoms with Crippen molar-refractivity contribution in [1.82, 2.24) is 0 Å². The zero-order chi connectivity index (χ0) is 18.0. The SMILES string of the molecule is CC(C)(C)CC(C)(N=NC(C)(CC(C)(C)C)C(=O)O)C(=O)O.Cl.Cl. The van der Waals surface area contributed by atoms with Crippen LogP contribution in [0.15, 0.2) is 10.2 Å². The molecule has 8 heteroatoms. The predicted molar refractivity (Wildman–Crippen MR) is 99.6 cm³/mol. The number of carboxylic acids is 2. The Bertz CT molecular complexity index is 428. The Hall–Kier alpha value is -0.880. The maximum Gasteiger partial charge on any atom is 0.333 e. The first-order valence-corrected chi connectivity index (χ1v) is 7.42. The van der Waals surface area contributed by atoms with Gasteiger partial charge in [-0.15, -0.1) is 24.8 Å². The van der Waals surface area contributed by atoms with Crippen molar-refractivity contribution >= 4 is 36.8 Å². The van der Waals surface area contributed by atoms with Gasteiger partial charge in [-0.05, 0) is 37.5 Å². The molecule has 0 spiro atoms. The van der Waals surface area contributed by atoms with Crippen LogP contribution in [0.4, 0.5) is 0 Å². The molecule has 0 aliphatic heterocycles. The topological polar surface area (TPSA) is 99.3 Å². The van der Waals surface area contributed by atoms with Crippen molar-refractivity contribution < 1.29 is 19.8 Å². The zero-order valence-electron chi connectivity index (χ0n) is 15.8. The Kier molecular flexibility index (Phi) is 10.5. The van der Waals surface area contributed by atoms with Gasteiger partial charge in [0.2, 0.25) is 0 Å². The molecule has 0 radical (unpaired) electrons. The van der Waals surface area contributed by atoms with E-state index in [1.54, 1.807) is 0 Å². The maximum atomic E-state index is 11.6. The molecule has 2 unspecified atom stereocenters. The summed E-state index contributed by atoms with van der Waals surface area (Å²) in [4.78, 5) is 23.1. The number of rotatable bonds is 6. The summed E-state index contributed by atoms with van der Waals surface area (Å²) in [7, 11) is 0. The third kappa shape index (κ3) is 9.42. The minimum Gasteiger partial charge on any atom is -0.479 e. The lowest BCUT2D eigenvalue weighted by molar-refractivity contribution is -0.146. The fourth-order valence-electron chi connectivity index (χ4n) is 2.59. The summed E-state index contributed by atoms with van der Waals surface area (Å²) < 4.78 is 0. The Morgan fingerprint density at radius 3 is 1.00 bits per heavy atom. The molecular formula is C16H32Cl2N2O4. The number of aliphatic carboxylic acids is 2. The zero-order valence-corrected chi connectivity index (χ0v) is 17.5. The highest BCUT2D eigenvalue weighted by atomic mass is 35.5. The van der Waals surface area contributed by atoms with Crippen LogP contribution in [-0.2, 0) is 9.59 Å². The smallest absolute Gasteiger partial charge is 0.333 e. The highest BCUT2D eigenvalue weighted by Crippen LogP contribution is 2.34. The Labute approximate surface area is 157 Å². The molecule has 0 fully saturated rings. The highest BCUT2D eigenvalue weighted by molar-refractivity contribution is 5.85. The van der Waals surface area contributed by atoms with Crippen molar-refractivity contribution in [2.45, 2.75) is 79.3 Å². The van der Waals surface area contributed by atoms with Crippen molar-refractivity contribution in [3.8, 4) is 0 Å². The lowest BCUT2D eigenvalue weighted by atomic mass is 9.80. The van der Waals surface area contributed by atoms with Crippen molar-refractivity contribution in [3.05, 3.63) is 0 Å². The van der Waals surface area contributed by atoms with Gasteiger partial charge in [-0.25, -0.2) is 9.59 Å². The largest absolute Gasteiger partial charge is 0.479 e. The van der Waals surface area contributed by atoms with Crippen LogP contribution in [0, 0.1) is 10.8 Å². The first-order chi connectivity index (χ1) is 9.51. The fourth-order valence-corrected chi connectivity index (χ4v) is 2.59. The maximum absolute atomic E-state index is 11.6. The number of hydrogen-bond acceptors (Lipinski definition) is 4. The van der Waals surface area contributed by atoms with Crippen LogP contribution < -0.4 is 0 Å². The van der Waals surface area contributed by atoms with Crippen molar-refractivity contribution in [1.29, 1.82) is 0 Å². The van der Waals surface area contributed by atoms with Crippen molar-refractivity contribution in [2.75, 3.05) is 0 Å². The second kappa shape index (κ2) is 8.99. The minimum absolute atomic E-state index is 0. The quantitative estimate of drug-likeness (QED) is 0.637. The van der Waals surface area contributed by atoms with E-state index in [9.17, 15) is 19.8 Å². The highest BCUT2D eigenvalue weighted by Gasteiger charge is 2.42. The van der Waals surface area contributed by atoms with E-state index in [1.807, 2.05) is 41.5 Å². The van der Waals surface area contributed by atoms with Gasteiger partial charge < -0.3 is 10.2 Å². The molecule has 24 heavy (non-hydrogen) atoms. The third-order valence-corrected chi connectivity index (χ3v) is 3.16. The molecule has 0 amide bonds. The lowest BCUT2D eigenvalue weighted by Gasteiger charge is -2.31. The lowest BCUT2D eigenvalue weighted by Crippen LogP contribution is -2.40. The van der Waals surface area contributed by atoms with Gasteiger partial charge in [-0.3, -0.25) is 0 Å². The molecule has 0 aromatic carbocycles. The first-order valence-electron chi connectivity index (χ1n) is 7.42. The van der Waals surface area contributed by atoms with Crippen molar-refractivity contribution in [2.24, 2.45) is 21.1 Å². The average molecular weight is 387 g/mol. The van der Waals surface area contributed by atoms with Crippen LogP contribution in [0.25, 0.3) is 0 Å². The van der Waals surface area contributed by atoms with E-state index in [0.717, 1.165) is 0 Å². The van der Waals surface area contributed by atoms with Gasteiger partial charge in [0.25, 0.3) is 0 Å². The van der Waals surface area contributed by atoms with Gasteiger partial charge in [0.05, 0.1) is 0 Å². The molecule has 0 heterocycles. The summed E-state index contributed by atoms with van der Waals surface area (Å²) >= 11 is 0. The molecule has 6 nitrogen and oxygen atoms in total. The Morgan fingerprint density at radius 1 is 0.667 bits per heavy atom. The molecule has 0 saturated heterocycles. The number of azo groups is 1. The van der Waals surface area contributed by atoms with Gasteiger partial charge in [-0.2, -0.15) is 10.2 Å². The predicted octanol–water partition coefficient (Wildman–Crippen LogP) is 4.84. The molecular weight excluding hydrogens is 355 g/mol. The van der Waals surface area contributed by atoms with Gasteiger partial charge in [0, 0.05) is 0 Å². The summed E-state index contributed by atoms with van der Waals surface area (Å²) in [6.45, 7) is 14.4. The van der Waals surface area contributed by atoms with E-state index in [4.69, 9.17) is 0 Å². The molecule has 0 aliphatic carbocycles. The second-order valence-corrected chi connectivity index (χ2v) is 8.83. The molecule has 144 valence electrons. The van der Waals surface area contributed by atoms with E-state index in [2.05, 4.69) is 10.2 Å². The molecule has 0 aromatic rings. The molecule has 2 N–H and O–H groups in total. The minimum atomic E-state index is -1.44. The number of carboxylic acid groups (broad SMARTS) is 2. The van der Waals surface area contributed by atoms with E-state index < -0.39 is 23.0 Å². The van der Waals surface area contributed by atoms with Crippen LogP contribution >= 0.6 is 24.8 Å². The van der Waals surface area contributed by atoms with Gasteiger partial charge >= 0.3 is 11.9 Å². The van der Waals surface area contributed by atoms with Crippen LogP contribution in [-0.4, -0.2) is 33.2 Å². The van der Waals surface area contributed by atoms with Gasteiger partial charge in [-0.1, -0.05) is 41.5 Å². The van der Waals surface area contributed by atoms with E-state index >= 15 is 0 Å². The second-order valence-electron chi connectivity index (χ2n) is 8.83. The van der Waals surface area contributed by atoms with E-state index in [0.29, 0.717) is 0 Å². The summed E-state index contributed by atoms with van der Waals surface area (Å²) in [5.74, 6) is -2.20. The normalized spacial score (nSPS) is 17.2. The van der Waals surface area contributed by atoms with Crippen molar-refractivity contribution in [3.63, 3.8) is 0 Å². The summed E-state index contributed by atoms with van der Waals surface area (Å²) in [5, 5.41) is 26.9. The summed E-state index contributed by atoms with van der Waals surface area (Å²) in [6, 6.07) is 0. The number of halogens is 2. The molecule has 0 bridgehead atoms. The monoisotopic (exact) mass is 386 g/mol. The summed E-state index contributed by atoms with van der Waals surface area (Å²) in [6.07, 6.45) is 0.536. The van der Waals surface area contributed by atoms with Gasteiger partial charge in [0.1, 0.15) is 0 Å². The standard InChI is InChI=1S/C16H30N2O4.2ClH/c1-13(2,3)9-15(7,11(19)20)17-18-16(8,12(21)22)10-14(4,5)6;;/h9-10H2,1-8H3,(H,19,20)(H,21,22);2*1H. The molecule has 0 aliphatic rings. The average Bonchev–Trinajstić information content (AvgIpc) is 2.21. The third-order valence-electron chi connectivity index (χ3n) is 3.16. The number of carbonyl (C=O) groups is 2. The van der Waals surface area contributed by atoms with Crippen LogP contribution in [0.1, 0.15) is 68.2 Å². The Balaban J connectivity index is -0.00000220. The van der Waals surface area contributed by atoms with E-state index in [1.165, 1.54) is 13.8 Å². The van der Waals surface area contributed by atoms with Crippen LogP contribution in [0.3, 0.4) is 0 Å².